The van der Waals surface area contributed by atoms with Gasteiger partial charge in [0.15, 0.2) is 11.5 Å². The summed E-state index contributed by atoms with van der Waals surface area (Å²) in [5, 5.41) is 20.0. The van der Waals surface area contributed by atoms with Crippen LogP contribution in [0.1, 0.15) is 0 Å². The first kappa shape index (κ1) is 15.9. The lowest BCUT2D eigenvalue weighted by Crippen LogP contribution is -2.13. The third-order valence-electron chi connectivity index (χ3n) is 3.32. The van der Waals surface area contributed by atoms with Gasteiger partial charge in [-0.2, -0.15) is 10.4 Å². The van der Waals surface area contributed by atoms with Crippen LogP contribution in [0.2, 0.25) is 0 Å². The van der Waals surface area contributed by atoms with Crippen LogP contribution in [0.3, 0.4) is 0 Å². The van der Waals surface area contributed by atoms with E-state index in [0.717, 1.165) is 5.56 Å². The van der Waals surface area contributed by atoms with Crippen molar-refractivity contribution >= 4 is 17.3 Å². The summed E-state index contributed by atoms with van der Waals surface area (Å²) in [6, 6.07) is 9.06. The Morgan fingerprint density at radius 3 is 2.79 bits per heavy atom. The molecule has 0 spiro atoms. The highest BCUT2D eigenvalue weighted by atomic mass is 32.2. The third-order valence-corrected chi connectivity index (χ3v) is 4.12. The molecular formula is C15H13N5O3S. The minimum atomic E-state index is -0.351. The molecule has 0 aliphatic carbocycles. The van der Waals surface area contributed by atoms with Crippen molar-refractivity contribution in [3.63, 3.8) is 0 Å². The van der Waals surface area contributed by atoms with Crippen LogP contribution in [0, 0.1) is 11.3 Å². The fraction of sp³-hybridized carbons (Fsp3) is 0.200. The Kier molecular flexibility index (Phi) is 4.39. The minimum absolute atomic E-state index is 0.208. The quantitative estimate of drug-likeness (QED) is 0.703. The molecule has 0 aliphatic rings. The van der Waals surface area contributed by atoms with Crippen molar-refractivity contribution in [1.82, 2.24) is 19.8 Å². The van der Waals surface area contributed by atoms with Gasteiger partial charge in [-0.1, -0.05) is 11.8 Å². The Morgan fingerprint density at radius 2 is 2.08 bits per heavy atom. The van der Waals surface area contributed by atoms with Gasteiger partial charge in [-0.15, -0.1) is 5.10 Å². The van der Waals surface area contributed by atoms with E-state index >= 15 is 0 Å². The lowest BCUT2D eigenvalue weighted by Gasteiger charge is -2.08. The van der Waals surface area contributed by atoms with Crippen molar-refractivity contribution in [2.75, 3.05) is 20.0 Å². The van der Waals surface area contributed by atoms with E-state index in [1.165, 1.54) is 16.3 Å². The normalized spacial score (nSPS) is 10.5. The van der Waals surface area contributed by atoms with Crippen molar-refractivity contribution in [1.29, 1.82) is 5.26 Å². The predicted molar refractivity (Wildman–Crippen MR) is 88.5 cm³/mol. The number of aromatic amines is 1. The number of ether oxygens (including phenoxy) is 2. The van der Waals surface area contributed by atoms with Crippen molar-refractivity contribution < 1.29 is 9.47 Å². The number of aromatic nitrogens is 4. The molecule has 2 heterocycles. The van der Waals surface area contributed by atoms with Gasteiger partial charge in [0.05, 0.1) is 31.7 Å². The number of benzene rings is 1. The zero-order valence-electron chi connectivity index (χ0n) is 12.9. The monoisotopic (exact) mass is 343 g/mol. The van der Waals surface area contributed by atoms with Crippen LogP contribution in [0.5, 0.6) is 11.5 Å². The molecule has 8 nitrogen and oxygen atoms in total. The zero-order chi connectivity index (χ0) is 17.1. The van der Waals surface area contributed by atoms with Crippen molar-refractivity contribution in [2.24, 2.45) is 0 Å². The predicted octanol–water partition coefficient (Wildman–Crippen LogP) is 1.72. The summed E-state index contributed by atoms with van der Waals surface area (Å²) in [5.74, 6) is 1.38. The highest BCUT2D eigenvalue weighted by Gasteiger charge is 2.14. The molecule has 3 rings (SSSR count). The van der Waals surface area contributed by atoms with Crippen molar-refractivity contribution in [3.05, 3.63) is 34.6 Å². The number of fused-ring (bicyclic) bond motifs is 1. The molecule has 0 fully saturated rings. The van der Waals surface area contributed by atoms with Crippen LogP contribution in [0.15, 0.2) is 34.2 Å². The van der Waals surface area contributed by atoms with Crippen molar-refractivity contribution in [2.45, 2.75) is 5.16 Å². The lowest BCUT2D eigenvalue weighted by molar-refractivity contribution is 0.355. The number of thioether (sulfide) groups is 1. The molecule has 0 radical (unpaired) electrons. The van der Waals surface area contributed by atoms with Crippen LogP contribution in [-0.4, -0.2) is 39.8 Å². The van der Waals surface area contributed by atoms with Crippen molar-refractivity contribution in [3.8, 4) is 28.8 Å². The number of H-pyrrole nitrogens is 1. The van der Waals surface area contributed by atoms with Gasteiger partial charge < -0.3 is 9.47 Å². The third kappa shape index (κ3) is 2.79. The maximum absolute atomic E-state index is 12.0. The summed E-state index contributed by atoms with van der Waals surface area (Å²) in [6.45, 7) is 0. The van der Waals surface area contributed by atoms with E-state index < -0.39 is 0 Å². The van der Waals surface area contributed by atoms with Crippen LogP contribution in [0.25, 0.3) is 16.8 Å². The van der Waals surface area contributed by atoms with Gasteiger partial charge in [0.25, 0.3) is 5.56 Å². The van der Waals surface area contributed by atoms with Crippen LogP contribution in [0.4, 0.5) is 0 Å². The molecule has 0 amide bonds. The molecule has 9 heteroatoms. The van der Waals surface area contributed by atoms with Gasteiger partial charge in [-0.05, 0) is 24.3 Å². The molecule has 0 bridgehead atoms. The van der Waals surface area contributed by atoms with Crippen LogP contribution >= 0.6 is 11.8 Å². The standard InChI is InChI=1S/C15H13N5O3S/c1-22-12-4-3-9(7-13(12)23-2)10-8-11-14(21)17-18-15(20(11)19-10)24-6-5-16/h3-4,7-8H,6H2,1-2H3,(H,17,21). The Morgan fingerprint density at radius 1 is 1.29 bits per heavy atom. The van der Waals surface area contributed by atoms with Gasteiger partial charge in [0, 0.05) is 5.56 Å². The number of rotatable bonds is 5. The van der Waals surface area contributed by atoms with E-state index in [2.05, 4.69) is 15.3 Å². The average Bonchev–Trinajstić information content (AvgIpc) is 3.07. The largest absolute Gasteiger partial charge is 0.493 e. The maximum Gasteiger partial charge on any atom is 0.290 e. The van der Waals surface area contributed by atoms with Crippen LogP contribution < -0.4 is 15.0 Å². The maximum atomic E-state index is 12.0. The van der Waals surface area contributed by atoms with Gasteiger partial charge in [0.1, 0.15) is 5.52 Å². The van der Waals surface area contributed by atoms with Gasteiger partial charge in [-0.3, -0.25) is 4.79 Å². The summed E-state index contributed by atoms with van der Waals surface area (Å²) in [4.78, 5) is 12.0. The molecule has 0 unspecified atom stereocenters. The Balaban J connectivity index is 2.13. The summed E-state index contributed by atoms with van der Waals surface area (Å²) >= 11 is 1.19. The first-order valence-corrected chi connectivity index (χ1v) is 7.87. The fourth-order valence-electron chi connectivity index (χ4n) is 2.22. The molecule has 1 N–H and O–H groups in total. The van der Waals surface area contributed by atoms with Crippen LogP contribution in [-0.2, 0) is 0 Å². The minimum Gasteiger partial charge on any atom is -0.493 e. The first-order chi connectivity index (χ1) is 11.7. The molecule has 0 saturated heterocycles. The smallest absolute Gasteiger partial charge is 0.290 e. The molecule has 0 saturated carbocycles. The first-order valence-electron chi connectivity index (χ1n) is 6.88. The topological polar surface area (TPSA) is 105 Å². The summed E-state index contributed by atoms with van der Waals surface area (Å²) < 4.78 is 11.9. The van der Waals surface area contributed by atoms with Gasteiger partial charge in [-0.25, -0.2) is 9.61 Å². The molecule has 122 valence electrons. The van der Waals surface area contributed by atoms with E-state index in [0.29, 0.717) is 27.9 Å². The fourth-order valence-corrected chi connectivity index (χ4v) is 2.78. The molecule has 2 aromatic heterocycles. The molecule has 0 atom stereocenters. The molecule has 24 heavy (non-hydrogen) atoms. The van der Waals surface area contributed by atoms with E-state index in [1.807, 2.05) is 12.1 Å². The SMILES string of the molecule is COc1ccc(-c2cc3c(=O)[nH]nc(SCC#N)n3n2)cc1OC. The van der Waals surface area contributed by atoms with E-state index in [1.54, 1.807) is 32.4 Å². The average molecular weight is 343 g/mol. The molecule has 1 aromatic carbocycles. The Labute approximate surface area is 141 Å². The highest BCUT2D eigenvalue weighted by Crippen LogP contribution is 2.32. The second kappa shape index (κ2) is 6.64. The second-order valence-corrected chi connectivity index (χ2v) is 5.62. The Bertz CT molecular complexity index is 989. The Hall–Kier alpha value is -2.99. The second-order valence-electron chi connectivity index (χ2n) is 4.68. The number of nitrogens with one attached hydrogen (secondary N) is 1. The van der Waals surface area contributed by atoms with Gasteiger partial charge >= 0.3 is 0 Å². The van der Waals surface area contributed by atoms with E-state index in [4.69, 9.17) is 14.7 Å². The number of methoxy groups -OCH3 is 2. The number of hydrogen-bond donors (Lipinski definition) is 1. The summed E-state index contributed by atoms with van der Waals surface area (Å²) in [5.41, 5.74) is 1.37. The molecule has 3 aromatic rings. The van der Waals surface area contributed by atoms with Gasteiger partial charge in [0.2, 0.25) is 5.16 Å². The number of nitriles is 1. The zero-order valence-corrected chi connectivity index (χ0v) is 13.8. The lowest BCUT2D eigenvalue weighted by atomic mass is 10.1. The number of nitrogens with zero attached hydrogens (tertiary/aromatic N) is 4. The summed E-state index contributed by atoms with van der Waals surface area (Å²) in [7, 11) is 3.11. The van der Waals surface area contributed by atoms with E-state index in [-0.39, 0.29) is 11.3 Å². The van der Waals surface area contributed by atoms with E-state index in [9.17, 15) is 4.79 Å². The molecular weight excluding hydrogens is 330 g/mol. The highest BCUT2D eigenvalue weighted by molar-refractivity contribution is 7.99. The number of hydrogen-bond acceptors (Lipinski definition) is 7. The molecule has 0 aliphatic heterocycles. The summed E-state index contributed by atoms with van der Waals surface area (Å²) in [6.07, 6.45) is 0.